The topological polar surface area (TPSA) is 31.2 Å². The average Bonchev–Trinajstić information content (AvgIpc) is 2.44. The van der Waals surface area contributed by atoms with Crippen LogP contribution in [0.2, 0.25) is 0 Å². The second-order valence-corrected chi connectivity index (χ2v) is 5.03. The molecule has 0 amide bonds. The van der Waals surface area contributed by atoms with E-state index < -0.39 is 11.6 Å². The Labute approximate surface area is 156 Å². The minimum Gasteiger partial charge on any atom is -0.483 e. The second-order valence-electron chi connectivity index (χ2n) is 4.22. The van der Waals surface area contributed by atoms with E-state index >= 15 is 0 Å². The van der Waals surface area contributed by atoms with Gasteiger partial charge in [0.05, 0.1) is 11.6 Å². The summed E-state index contributed by atoms with van der Waals surface area (Å²) >= 11 is 1.40. The molecule has 1 aromatic heterocycles. The zero-order valence-electron chi connectivity index (χ0n) is 12.2. The molecule has 7 heteroatoms. The third-order valence-electron chi connectivity index (χ3n) is 2.89. The van der Waals surface area contributed by atoms with Gasteiger partial charge in [0.2, 0.25) is 0 Å². The number of pyridine rings is 1. The summed E-state index contributed by atoms with van der Waals surface area (Å²) in [5.74, 6) is -1.15. The van der Waals surface area contributed by atoms with Crippen LogP contribution < -0.4 is 10.3 Å². The molecule has 22 heavy (non-hydrogen) atoms. The maximum atomic E-state index is 14.2. The van der Waals surface area contributed by atoms with Crippen molar-refractivity contribution in [3.63, 3.8) is 0 Å². The Morgan fingerprint density at radius 2 is 1.95 bits per heavy atom. The van der Waals surface area contributed by atoms with Gasteiger partial charge in [-0.2, -0.15) is 12.1 Å². The van der Waals surface area contributed by atoms with Gasteiger partial charge < -0.3 is 9.30 Å². The fourth-order valence-corrected chi connectivity index (χ4v) is 2.23. The molecular formula is C15H14F2NO2SY-. The molecule has 0 saturated heterocycles. The van der Waals surface area contributed by atoms with Crippen molar-refractivity contribution < 1.29 is 46.2 Å². The fourth-order valence-electron chi connectivity index (χ4n) is 1.98. The molecule has 0 fully saturated rings. The first-order valence-electron chi connectivity index (χ1n) is 6.31. The summed E-state index contributed by atoms with van der Waals surface area (Å²) in [6.45, 7) is 2.03. The van der Waals surface area contributed by atoms with Gasteiger partial charge in [0.25, 0.3) is 0 Å². The predicted molar refractivity (Wildman–Crippen MR) is 79.6 cm³/mol. The van der Waals surface area contributed by atoms with E-state index in [1.54, 1.807) is 6.92 Å². The number of benzene rings is 1. The van der Waals surface area contributed by atoms with Crippen LogP contribution in [0.3, 0.4) is 0 Å². The monoisotopic (exact) mass is 399 g/mol. The normalized spacial score (nSPS) is 10.2. The molecule has 0 spiro atoms. The van der Waals surface area contributed by atoms with Crippen molar-refractivity contribution >= 4 is 11.8 Å². The number of rotatable bonds is 5. The minimum atomic E-state index is -0.782. The quantitative estimate of drug-likeness (QED) is 0.571. The summed E-state index contributed by atoms with van der Waals surface area (Å²) in [7, 11) is 0. The molecule has 0 bridgehead atoms. The molecule has 1 aromatic carbocycles. The standard InChI is InChI=1S/C15H14F2NO2S.Y/c1-3-18-13(5-4-6-14(18)19)15-11(16)7-10(8-12(15)17)20-9-21-2;/h4,6-8H,3,9H2,1-2H3;/q-1;. The van der Waals surface area contributed by atoms with Crippen LogP contribution in [0.5, 0.6) is 5.75 Å². The Kier molecular flexibility index (Phi) is 7.73. The molecule has 2 rings (SSSR count). The molecule has 1 radical (unpaired) electrons. The van der Waals surface area contributed by atoms with Gasteiger partial charge in [0.15, 0.2) is 5.56 Å². The van der Waals surface area contributed by atoms with Gasteiger partial charge in [-0.15, -0.1) is 11.8 Å². The summed E-state index contributed by atoms with van der Waals surface area (Å²) in [5.41, 5.74) is -0.504. The van der Waals surface area contributed by atoms with Gasteiger partial charge >= 0.3 is 0 Å². The van der Waals surface area contributed by atoms with Crippen LogP contribution in [0.4, 0.5) is 8.78 Å². The van der Waals surface area contributed by atoms with E-state index in [-0.39, 0.29) is 55.3 Å². The first-order chi connectivity index (χ1) is 10.1. The molecule has 3 nitrogen and oxygen atoms in total. The number of thioether (sulfide) groups is 1. The van der Waals surface area contributed by atoms with Gasteiger partial charge in [-0.3, -0.25) is 4.79 Å². The molecule has 1 heterocycles. The second kappa shape index (κ2) is 8.80. The van der Waals surface area contributed by atoms with Gasteiger partial charge in [0, 0.05) is 51.4 Å². The van der Waals surface area contributed by atoms with Crippen molar-refractivity contribution in [1.29, 1.82) is 0 Å². The maximum Gasteiger partial charge on any atom is 0.194 e. The summed E-state index contributed by atoms with van der Waals surface area (Å²) in [4.78, 5) is 11.7. The van der Waals surface area contributed by atoms with Gasteiger partial charge in [-0.1, -0.05) is 11.8 Å². The van der Waals surface area contributed by atoms with E-state index in [1.165, 1.54) is 28.5 Å². The molecule has 2 aromatic rings. The number of ether oxygens (including phenoxy) is 1. The summed E-state index contributed by atoms with van der Waals surface area (Å²) in [5, 5.41) is 0. The van der Waals surface area contributed by atoms with E-state index in [0.717, 1.165) is 12.1 Å². The maximum absolute atomic E-state index is 14.2. The van der Waals surface area contributed by atoms with E-state index in [2.05, 4.69) is 6.07 Å². The van der Waals surface area contributed by atoms with E-state index in [1.807, 2.05) is 6.26 Å². The van der Waals surface area contributed by atoms with Crippen LogP contribution in [0.25, 0.3) is 11.3 Å². The van der Waals surface area contributed by atoms with Gasteiger partial charge in [-0.25, -0.2) is 8.78 Å². The van der Waals surface area contributed by atoms with Crippen LogP contribution in [-0.2, 0) is 39.3 Å². The molecule has 0 aliphatic heterocycles. The van der Waals surface area contributed by atoms with E-state index in [0.29, 0.717) is 12.5 Å². The van der Waals surface area contributed by atoms with Crippen LogP contribution in [0, 0.1) is 17.7 Å². The van der Waals surface area contributed by atoms with Crippen molar-refractivity contribution in [2.24, 2.45) is 0 Å². The van der Waals surface area contributed by atoms with Crippen molar-refractivity contribution in [1.82, 2.24) is 4.57 Å². The van der Waals surface area contributed by atoms with Gasteiger partial charge in [-0.05, 0) is 18.7 Å². The summed E-state index contributed by atoms with van der Waals surface area (Å²) in [6, 6.07) is 7.62. The molecule has 0 unspecified atom stereocenters. The van der Waals surface area contributed by atoms with E-state index in [4.69, 9.17) is 4.74 Å². The first kappa shape index (κ1) is 19.3. The SMILES string of the molecule is CCn1c(-c2c(F)cc(OCSC)cc2F)[c-]ccc1=O.[Y]. The van der Waals surface area contributed by atoms with Crippen molar-refractivity contribution in [3.05, 3.63) is 52.3 Å². The smallest absolute Gasteiger partial charge is 0.194 e. The zero-order valence-corrected chi connectivity index (χ0v) is 15.9. The van der Waals surface area contributed by atoms with E-state index in [9.17, 15) is 13.6 Å². The Hall–Kier alpha value is -0.716. The molecular weight excluding hydrogens is 385 g/mol. The van der Waals surface area contributed by atoms with Gasteiger partial charge in [0.1, 0.15) is 11.7 Å². The van der Waals surface area contributed by atoms with Crippen LogP contribution in [0.1, 0.15) is 6.92 Å². The minimum absolute atomic E-state index is 0. The Morgan fingerprint density at radius 1 is 1.32 bits per heavy atom. The summed E-state index contributed by atoms with van der Waals surface area (Å²) in [6.07, 6.45) is 1.82. The number of hydrogen-bond acceptors (Lipinski definition) is 3. The summed E-state index contributed by atoms with van der Waals surface area (Å²) < 4.78 is 34.9. The van der Waals surface area contributed by atoms with Crippen LogP contribution in [-0.4, -0.2) is 16.8 Å². The molecule has 0 saturated carbocycles. The molecule has 0 aliphatic rings. The molecule has 0 aliphatic carbocycles. The van der Waals surface area contributed by atoms with Crippen molar-refractivity contribution in [3.8, 4) is 17.0 Å². The predicted octanol–water partition coefficient (Wildman–Crippen LogP) is 3.31. The number of hydrogen-bond donors (Lipinski definition) is 0. The fraction of sp³-hybridized carbons (Fsp3) is 0.267. The van der Waals surface area contributed by atoms with Crippen molar-refractivity contribution in [2.45, 2.75) is 13.5 Å². The van der Waals surface area contributed by atoms with Crippen LogP contribution >= 0.6 is 11.8 Å². The Bertz CT molecular complexity index is 683. The average molecular weight is 399 g/mol. The first-order valence-corrected chi connectivity index (χ1v) is 7.70. The van der Waals surface area contributed by atoms with Crippen molar-refractivity contribution in [2.75, 3.05) is 12.2 Å². The third kappa shape index (κ3) is 4.18. The third-order valence-corrected chi connectivity index (χ3v) is 3.25. The molecule has 115 valence electrons. The molecule has 0 N–H and O–H groups in total. The number of aromatic nitrogens is 1. The Balaban J connectivity index is 0.00000242. The van der Waals surface area contributed by atoms with Crippen LogP contribution in [0.15, 0.2) is 29.1 Å². The zero-order chi connectivity index (χ0) is 15.4. The number of nitrogens with zero attached hydrogens (tertiary/aromatic N) is 1. The Morgan fingerprint density at radius 3 is 2.50 bits per heavy atom. The number of halogens is 2. The molecule has 0 atom stereocenters. The largest absolute Gasteiger partial charge is 0.483 e.